The van der Waals surface area contributed by atoms with E-state index in [9.17, 15) is 20.1 Å². The molecule has 0 spiro atoms. The van der Waals surface area contributed by atoms with Gasteiger partial charge in [0.05, 0.1) is 55.1 Å². The Morgan fingerprint density at radius 1 is 0.800 bits per heavy atom. The van der Waals surface area contributed by atoms with Crippen LogP contribution in [0, 0.1) is 24.2 Å². The van der Waals surface area contributed by atoms with Crippen molar-refractivity contribution in [2.45, 2.75) is 178 Å². The maximum absolute atomic E-state index is 13.9. The second-order valence-electron chi connectivity index (χ2n) is 16.9. The molecule has 1 aromatic heterocycles. The number of carbonyl (C=O) groups is 1. The largest absolute Gasteiger partial charge is 0.469 e. The van der Waals surface area contributed by atoms with E-state index in [0.29, 0.717) is 62.7 Å². The molecule has 14 heteroatoms. The van der Waals surface area contributed by atoms with E-state index >= 15 is 0 Å². The summed E-state index contributed by atoms with van der Waals surface area (Å²) in [5.74, 6) is 0.0782. The number of allylic oxidation sites excluding steroid dienone is 1. The monoisotopic (exact) mass is 778 g/mol. The maximum atomic E-state index is 13.9. The van der Waals surface area contributed by atoms with E-state index in [4.69, 9.17) is 47.0 Å². The number of hydrogen-bond donors (Lipinski definition) is 3. The predicted molar refractivity (Wildman–Crippen MR) is 194 cm³/mol. The second kappa shape index (κ2) is 16.5. The van der Waals surface area contributed by atoms with Crippen LogP contribution in [-0.4, -0.2) is 128 Å². The highest BCUT2D eigenvalue weighted by Gasteiger charge is 2.58. The lowest BCUT2D eigenvalue weighted by Crippen LogP contribution is -2.58. The Morgan fingerprint density at radius 2 is 1.36 bits per heavy atom. The fourth-order valence-corrected chi connectivity index (χ4v) is 10.6. The van der Waals surface area contributed by atoms with E-state index in [2.05, 4.69) is 13.0 Å². The summed E-state index contributed by atoms with van der Waals surface area (Å²) in [6.45, 7) is 9.56. The summed E-state index contributed by atoms with van der Waals surface area (Å²) in [5.41, 5.74) is -0.202. The first-order valence-electron chi connectivity index (χ1n) is 20.1. The van der Waals surface area contributed by atoms with Gasteiger partial charge in [0.2, 0.25) is 0 Å². The van der Waals surface area contributed by atoms with Gasteiger partial charge in [0.15, 0.2) is 30.3 Å². The molecule has 18 atom stereocenters. The molecule has 55 heavy (non-hydrogen) atoms. The quantitative estimate of drug-likeness (QED) is 0.293. The van der Waals surface area contributed by atoms with Crippen molar-refractivity contribution < 1.29 is 67.2 Å². The number of fused-ring (bicyclic) bond motifs is 3. The van der Waals surface area contributed by atoms with Crippen LogP contribution in [0.25, 0.3) is 0 Å². The van der Waals surface area contributed by atoms with Gasteiger partial charge in [-0.25, -0.2) is 0 Å². The molecule has 3 N–H and O–H groups in total. The zero-order chi connectivity index (χ0) is 39.4. The average Bonchev–Trinajstić information content (AvgIpc) is 3.59. The molecule has 2 saturated carbocycles. The molecule has 0 unspecified atom stereocenters. The molecule has 6 aliphatic rings. The van der Waals surface area contributed by atoms with E-state index in [1.54, 1.807) is 41.2 Å². The van der Waals surface area contributed by atoms with Crippen LogP contribution < -0.4 is 0 Å². The van der Waals surface area contributed by atoms with E-state index in [1.165, 1.54) is 11.8 Å². The molecule has 14 nitrogen and oxygen atoms in total. The topological polar surface area (TPSA) is 174 Å². The van der Waals surface area contributed by atoms with E-state index in [1.807, 2.05) is 13.8 Å². The Bertz CT molecular complexity index is 1510. The summed E-state index contributed by atoms with van der Waals surface area (Å²) in [5, 5.41) is 33.6. The minimum atomic E-state index is -1.55. The molecular weight excluding hydrogens is 716 g/mol. The summed E-state index contributed by atoms with van der Waals surface area (Å²) in [6.07, 6.45) is 0.230. The Labute approximate surface area is 324 Å². The zero-order valence-corrected chi connectivity index (χ0v) is 33.5. The maximum Gasteiger partial charge on any atom is 0.172 e. The Balaban J connectivity index is 0.949. The molecule has 0 aromatic carbocycles. The normalized spacial score (nSPS) is 47.8. The van der Waals surface area contributed by atoms with Gasteiger partial charge in [0, 0.05) is 52.1 Å². The molecule has 7 rings (SSSR count). The third kappa shape index (κ3) is 7.76. The fourth-order valence-electron chi connectivity index (χ4n) is 10.6. The summed E-state index contributed by atoms with van der Waals surface area (Å²) in [6, 6.07) is 1.70. The van der Waals surface area contributed by atoms with Crippen LogP contribution in [0.5, 0.6) is 0 Å². The predicted octanol–water partition coefficient (Wildman–Crippen LogP) is 3.83. The van der Waals surface area contributed by atoms with Gasteiger partial charge in [0.1, 0.15) is 24.1 Å². The molecule has 0 bridgehead atoms. The third-order valence-corrected chi connectivity index (χ3v) is 13.8. The Kier molecular flexibility index (Phi) is 12.4. The number of carbonyl (C=O) groups excluding carboxylic acids is 1. The van der Waals surface area contributed by atoms with Crippen LogP contribution >= 0.6 is 0 Å². The minimum absolute atomic E-state index is 0.00964. The summed E-state index contributed by atoms with van der Waals surface area (Å²) < 4.78 is 60.8. The number of rotatable bonds is 10. The molecule has 4 heterocycles. The average molecular weight is 779 g/mol. The van der Waals surface area contributed by atoms with Crippen LogP contribution in [-0.2, 0) is 53.0 Å². The fraction of sp³-hybridized carbons (Fsp3) is 0.829. The molecular formula is C41H62O14. The Hall–Kier alpha value is -1.79. The summed E-state index contributed by atoms with van der Waals surface area (Å²) >= 11 is 0. The molecule has 0 amide bonds. The lowest BCUT2D eigenvalue weighted by atomic mass is 9.51. The first-order valence-corrected chi connectivity index (χ1v) is 20.1. The number of aliphatic hydroxyl groups excluding tert-OH is 2. The lowest BCUT2D eigenvalue weighted by Gasteiger charge is -2.55. The molecule has 1 aromatic rings. The number of furan rings is 1. The van der Waals surface area contributed by atoms with Gasteiger partial charge in [-0.15, -0.1) is 0 Å². The van der Waals surface area contributed by atoms with Crippen LogP contribution in [0.3, 0.4) is 0 Å². The van der Waals surface area contributed by atoms with Gasteiger partial charge in [-0.3, -0.25) is 4.79 Å². The van der Waals surface area contributed by atoms with Crippen LogP contribution in [0.4, 0.5) is 0 Å². The molecule has 310 valence electrons. The standard InChI is InChI=1S/C41H62O14/c1-20-26(12-14-49-20)41(45)13-11-27-25(39(41)44)10-9-24-15-29(28(42)19-40(24,27)5)53-33-17-31(47-7)37(22(3)51-33)55-35-18-32(48-8)38(23(4)52-35)54-34-16-30(46-6)36(43)21(2)50-34/h9,12,14,21-23,25,27-38,42-43,45H,10-11,13,15-19H2,1-8H3/t21-,22+,23+,25+,27-,28+,29+,30+,31-,32-,33-,34-,35-,36-,37+,38+,40-,41-/m0/s1. The van der Waals surface area contributed by atoms with Gasteiger partial charge in [-0.2, -0.15) is 0 Å². The number of ether oxygens (including phenoxy) is 9. The smallest absolute Gasteiger partial charge is 0.172 e. The molecule has 3 saturated heterocycles. The highest BCUT2D eigenvalue weighted by atomic mass is 16.7. The van der Waals surface area contributed by atoms with Crippen molar-refractivity contribution >= 4 is 5.78 Å². The number of ketones is 1. The summed E-state index contributed by atoms with van der Waals surface area (Å²) in [7, 11) is 4.84. The van der Waals surface area contributed by atoms with E-state index in [0.717, 1.165) is 0 Å². The number of Topliss-reactive ketones (excluding diaryl/α,β-unsaturated/α-hetero) is 1. The highest BCUT2D eigenvalue weighted by molar-refractivity contribution is 5.92. The SMILES string of the molecule is CO[C@H]1C[C@H](O[C@H]2[C@@H](OC)C[C@H](O[C@@H]3CC4=CC[C@H]5C(=O)[C@@](O)(c6ccoc6C)CC[C@@H]5[C@@]4(C)C[C@H]3O)O[C@@H]2C)O[C@H](C)[C@H]1O[C@H]1C[C@@H](OC)[C@@H](O)[C@H](C)O1. The minimum Gasteiger partial charge on any atom is -0.469 e. The van der Waals surface area contributed by atoms with Crippen molar-refractivity contribution in [1.82, 2.24) is 0 Å². The van der Waals surface area contributed by atoms with Crippen LogP contribution in [0.1, 0.15) is 90.4 Å². The zero-order valence-electron chi connectivity index (χ0n) is 33.5. The third-order valence-electron chi connectivity index (χ3n) is 13.8. The Morgan fingerprint density at radius 3 is 1.93 bits per heavy atom. The van der Waals surface area contributed by atoms with Crippen LogP contribution in [0.15, 0.2) is 28.4 Å². The van der Waals surface area contributed by atoms with Crippen molar-refractivity contribution in [2.24, 2.45) is 17.3 Å². The molecule has 3 aliphatic heterocycles. The molecule has 0 radical (unpaired) electrons. The lowest BCUT2D eigenvalue weighted by molar-refractivity contribution is -0.339. The highest BCUT2D eigenvalue weighted by Crippen LogP contribution is 2.58. The van der Waals surface area contributed by atoms with Gasteiger partial charge >= 0.3 is 0 Å². The number of methoxy groups -OCH3 is 3. The second-order valence-corrected chi connectivity index (χ2v) is 16.9. The van der Waals surface area contributed by atoms with Gasteiger partial charge < -0.3 is 62.4 Å². The first kappa shape index (κ1) is 41.4. The van der Waals surface area contributed by atoms with E-state index in [-0.39, 0.29) is 29.8 Å². The first-order chi connectivity index (χ1) is 26.2. The van der Waals surface area contributed by atoms with Crippen molar-refractivity contribution in [3.8, 4) is 0 Å². The van der Waals surface area contributed by atoms with Crippen molar-refractivity contribution in [2.75, 3.05) is 21.3 Å². The molecule has 3 aliphatic carbocycles. The van der Waals surface area contributed by atoms with Gasteiger partial charge in [0.25, 0.3) is 0 Å². The van der Waals surface area contributed by atoms with Crippen molar-refractivity contribution in [1.29, 1.82) is 0 Å². The van der Waals surface area contributed by atoms with Gasteiger partial charge in [-0.05, 0) is 77.2 Å². The molecule has 5 fully saturated rings. The van der Waals surface area contributed by atoms with Crippen LogP contribution in [0.2, 0.25) is 0 Å². The van der Waals surface area contributed by atoms with Crippen molar-refractivity contribution in [3.05, 3.63) is 35.3 Å². The van der Waals surface area contributed by atoms with Crippen molar-refractivity contribution in [3.63, 3.8) is 0 Å². The number of aryl methyl sites for hydroxylation is 1. The van der Waals surface area contributed by atoms with Gasteiger partial charge in [-0.1, -0.05) is 18.6 Å². The van der Waals surface area contributed by atoms with E-state index < -0.39 is 84.8 Å². The number of aliphatic hydroxyl groups is 3. The number of hydrogen-bond acceptors (Lipinski definition) is 14. The summed E-state index contributed by atoms with van der Waals surface area (Å²) in [4.78, 5) is 13.9.